The molecule has 1 heterocycles. The van der Waals surface area contributed by atoms with E-state index in [1.165, 1.54) is 10.4 Å². The topological polar surface area (TPSA) is 74.7 Å². The normalized spacial score (nSPS) is 20.4. The van der Waals surface area contributed by atoms with Crippen molar-refractivity contribution >= 4 is 39.2 Å². The third-order valence-corrected chi connectivity index (χ3v) is 6.34. The van der Waals surface area contributed by atoms with Crippen molar-refractivity contribution in [3.63, 3.8) is 0 Å². The molecule has 0 radical (unpaired) electrons. The van der Waals surface area contributed by atoms with E-state index in [9.17, 15) is 13.2 Å². The van der Waals surface area contributed by atoms with Crippen LogP contribution >= 0.6 is 23.2 Å². The van der Waals surface area contributed by atoms with Gasteiger partial charge >= 0.3 is 5.97 Å². The van der Waals surface area contributed by atoms with E-state index >= 15 is 0 Å². The molecule has 116 valence electrons. The Kier molecular flexibility index (Phi) is 4.82. The van der Waals surface area contributed by atoms with E-state index in [1.807, 2.05) is 6.92 Å². The first-order valence-electron chi connectivity index (χ1n) is 6.49. The number of nitrogens with zero attached hydrogens (tertiary/aromatic N) is 1. The maximum Gasteiger partial charge on any atom is 0.337 e. The van der Waals surface area contributed by atoms with Crippen LogP contribution in [0.15, 0.2) is 17.0 Å². The molecule has 1 saturated heterocycles. The van der Waals surface area contributed by atoms with E-state index in [-0.39, 0.29) is 26.5 Å². The zero-order valence-corrected chi connectivity index (χ0v) is 13.7. The molecule has 0 saturated carbocycles. The predicted octanol–water partition coefficient (Wildman–Crippen LogP) is 3.25. The van der Waals surface area contributed by atoms with Crippen LogP contribution in [-0.2, 0) is 10.0 Å². The number of benzene rings is 1. The summed E-state index contributed by atoms with van der Waals surface area (Å²) in [6.07, 6.45) is 2.51. The highest BCUT2D eigenvalue weighted by Gasteiger charge is 2.34. The summed E-state index contributed by atoms with van der Waals surface area (Å²) in [7, 11) is -3.87. The minimum Gasteiger partial charge on any atom is -0.478 e. The average Bonchev–Trinajstić information content (AvgIpc) is 2.40. The number of carbonyl (C=O) groups is 1. The van der Waals surface area contributed by atoms with Gasteiger partial charge in [0.2, 0.25) is 10.0 Å². The lowest BCUT2D eigenvalue weighted by Gasteiger charge is -2.32. The minimum absolute atomic E-state index is 0.0278. The fourth-order valence-corrected chi connectivity index (χ4v) is 5.04. The summed E-state index contributed by atoms with van der Waals surface area (Å²) < 4.78 is 26.8. The van der Waals surface area contributed by atoms with Gasteiger partial charge in [0.1, 0.15) is 4.90 Å². The van der Waals surface area contributed by atoms with Crippen LogP contribution in [0.5, 0.6) is 0 Å². The molecular weight excluding hydrogens is 337 g/mol. The lowest BCUT2D eigenvalue weighted by molar-refractivity contribution is 0.0697. The Morgan fingerprint density at radius 1 is 1.33 bits per heavy atom. The molecule has 1 N–H and O–H groups in total. The molecule has 0 aliphatic carbocycles. The number of rotatable bonds is 3. The summed E-state index contributed by atoms with van der Waals surface area (Å²) in [4.78, 5) is 10.9. The second-order valence-electron chi connectivity index (χ2n) is 5.03. The van der Waals surface area contributed by atoms with Gasteiger partial charge in [-0.05, 0) is 31.9 Å². The number of carboxylic acid groups (broad SMARTS) is 1. The van der Waals surface area contributed by atoms with Gasteiger partial charge in [-0.3, -0.25) is 0 Å². The molecule has 1 aromatic rings. The first-order chi connectivity index (χ1) is 9.75. The van der Waals surface area contributed by atoms with Crippen LogP contribution in [0.2, 0.25) is 10.0 Å². The lowest BCUT2D eigenvalue weighted by Crippen LogP contribution is -2.42. The number of carboxylic acids is 1. The molecule has 2 rings (SSSR count). The van der Waals surface area contributed by atoms with Gasteiger partial charge in [-0.25, -0.2) is 13.2 Å². The van der Waals surface area contributed by atoms with E-state index < -0.39 is 16.0 Å². The quantitative estimate of drug-likeness (QED) is 0.906. The summed E-state index contributed by atoms with van der Waals surface area (Å²) in [5.41, 5.74) is -0.313. The number of sulfonamides is 1. The molecule has 8 heteroatoms. The summed E-state index contributed by atoms with van der Waals surface area (Å²) in [6.45, 7) is 2.22. The van der Waals surface area contributed by atoms with Crippen LogP contribution in [-0.4, -0.2) is 36.4 Å². The molecule has 1 unspecified atom stereocenters. The molecule has 5 nitrogen and oxygen atoms in total. The second kappa shape index (κ2) is 6.12. The highest BCUT2D eigenvalue weighted by Crippen LogP contribution is 2.33. The van der Waals surface area contributed by atoms with Crippen LogP contribution in [0.25, 0.3) is 0 Å². The largest absolute Gasteiger partial charge is 0.478 e. The molecule has 1 aromatic carbocycles. The molecule has 1 fully saturated rings. The average molecular weight is 352 g/mol. The van der Waals surface area contributed by atoms with Crippen molar-refractivity contribution in [1.29, 1.82) is 0 Å². The maximum atomic E-state index is 12.7. The summed E-state index contributed by atoms with van der Waals surface area (Å²) in [5.74, 6) is -1.31. The molecular formula is C13H15Cl2NO4S. The van der Waals surface area contributed by atoms with Crippen LogP contribution in [0.1, 0.15) is 36.5 Å². The van der Waals surface area contributed by atoms with Crippen LogP contribution in [0.4, 0.5) is 0 Å². The van der Waals surface area contributed by atoms with Crippen molar-refractivity contribution in [2.24, 2.45) is 0 Å². The number of piperidine rings is 1. The van der Waals surface area contributed by atoms with Crippen molar-refractivity contribution in [3.8, 4) is 0 Å². The molecule has 0 aromatic heterocycles. The van der Waals surface area contributed by atoms with Gasteiger partial charge in [0.15, 0.2) is 0 Å². The monoisotopic (exact) mass is 351 g/mol. The summed E-state index contributed by atoms with van der Waals surface area (Å²) >= 11 is 11.8. The van der Waals surface area contributed by atoms with Crippen molar-refractivity contribution < 1.29 is 18.3 Å². The Morgan fingerprint density at radius 2 is 2.00 bits per heavy atom. The van der Waals surface area contributed by atoms with Gasteiger partial charge in [0, 0.05) is 17.6 Å². The van der Waals surface area contributed by atoms with Crippen molar-refractivity contribution in [2.75, 3.05) is 6.54 Å². The molecule has 21 heavy (non-hydrogen) atoms. The minimum atomic E-state index is -3.87. The Morgan fingerprint density at radius 3 is 2.57 bits per heavy atom. The molecule has 1 aliphatic heterocycles. The number of hydrogen-bond acceptors (Lipinski definition) is 3. The molecule has 0 amide bonds. The highest BCUT2D eigenvalue weighted by atomic mass is 35.5. The van der Waals surface area contributed by atoms with E-state index in [0.717, 1.165) is 25.3 Å². The molecule has 0 spiro atoms. The second-order valence-corrected chi connectivity index (χ2v) is 7.70. The number of hydrogen-bond donors (Lipinski definition) is 1. The van der Waals surface area contributed by atoms with Gasteiger partial charge in [-0.1, -0.05) is 29.6 Å². The Bertz CT molecular complexity index is 675. The highest BCUT2D eigenvalue weighted by molar-refractivity contribution is 7.89. The maximum absolute atomic E-state index is 12.7. The van der Waals surface area contributed by atoms with Gasteiger partial charge in [-0.2, -0.15) is 4.31 Å². The van der Waals surface area contributed by atoms with E-state index in [1.54, 1.807) is 0 Å². The fourth-order valence-electron chi connectivity index (χ4n) is 2.46. The zero-order chi connectivity index (χ0) is 15.8. The van der Waals surface area contributed by atoms with Crippen molar-refractivity contribution in [1.82, 2.24) is 4.31 Å². The third kappa shape index (κ3) is 3.18. The standard InChI is InChI=1S/C13H15Cl2NO4S/c1-8-4-2-3-5-16(8)21(19,20)11-7-9(14)6-10(12(11)15)13(17)18/h6-8H,2-5H2,1H3,(H,17,18). The Labute approximate surface area is 133 Å². The van der Waals surface area contributed by atoms with E-state index in [0.29, 0.717) is 6.54 Å². The van der Waals surface area contributed by atoms with Gasteiger partial charge < -0.3 is 5.11 Å². The fraction of sp³-hybridized carbons (Fsp3) is 0.462. The van der Waals surface area contributed by atoms with Gasteiger partial charge in [0.25, 0.3) is 0 Å². The summed E-state index contributed by atoms with van der Waals surface area (Å²) in [6, 6.07) is 2.20. The first kappa shape index (κ1) is 16.5. The third-order valence-electron chi connectivity index (χ3n) is 3.56. The number of halogens is 2. The molecule has 0 bridgehead atoms. The van der Waals surface area contributed by atoms with Gasteiger partial charge in [-0.15, -0.1) is 0 Å². The Balaban J connectivity index is 2.57. The smallest absolute Gasteiger partial charge is 0.337 e. The van der Waals surface area contributed by atoms with Crippen LogP contribution < -0.4 is 0 Å². The van der Waals surface area contributed by atoms with E-state index in [4.69, 9.17) is 28.3 Å². The van der Waals surface area contributed by atoms with E-state index in [2.05, 4.69) is 0 Å². The zero-order valence-electron chi connectivity index (χ0n) is 11.3. The molecule has 1 atom stereocenters. The van der Waals surface area contributed by atoms with Crippen LogP contribution in [0, 0.1) is 0 Å². The van der Waals surface area contributed by atoms with Gasteiger partial charge in [0.05, 0.1) is 10.6 Å². The predicted molar refractivity (Wildman–Crippen MR) is 80.6 cm³/mol. The van der Waals surface area contributed by atoms with Crippen molar-refractivity contribution in [2.45, 2.75) is 37.1 Å². The lowest BCUT2D eigenvalue weighted by atomic mass is 10.1. The number of aromatic carboxylic acids is 1. The molecule has 1 aliphatic rings. The SMILES string of the molecule is CC1CCCCN1S(=O)(=O)c1cc(Cl)cc(C(=O)O)c1Cl. The Hall–Kier alpha value is -0.820. The first-order valence-corrected chi connectivity index (χ1v) is 8.69. The van der Waals surface area contributed by atoms with Crippen molar-refractivity contribution in [3.05, 3.63) is 27.7 Å². The summed E-state index contributed by atoms with van der Waals surface area (Å²) in [5, 5.41) is 8.82. The van der Waals surface area contributed by atoms with Crippen LogP contribution in [0.3, 0.4) is 0 Å².